The highest BCUT2D eigenvalue weighted by Crippen LogP contribution is 2.19. The fraction of sp³-hybridized carbons (Fsp3) is 0.250. The van der Waals surface area contributed by atoms with Crippen LogP contribution in [0, 0.1) is 12.1 Å². The van der Waals surface area contributed by atoms with Crippen LogP contribution in [0.15, 0.2) is 52.7 Å². The summed E-state index contributed by atoms with van der Waals surface area (Å²) in [4.78, 5) is 0. The zero-order valence-electron chi connectivity index (χ0n) is 11.5. The molecule has 19 heavy (non-hydrogen) atoms. The minimum absolute atomic E-state index is 0.136. The van der Waals surface area contributed by atoms with Gasteiger partial charge in [-0.25, -0.2) is 0 Å². The van der Waals surface area contributed by atoms with Crippen LogP contribution in [0.4, 0.5) is 11.4 Å². The molecule has 0 aliphatic rings. The van der Waals surface area contributed by atoms with Gasteiger partial charge < -0.3 is 0 Å². The first-order valence-electron chi connectivity index (χ1n) is 6.30. The van der Waals surface area contributed by atoms with Crippen LogP contribution in [-0.4, -0.2) is 7.28 Å². The fourth-order valence-corrected chi connectivity index (χ4v) is 1.60. The van der Waals surface area contributed by atoms with Crippen LogP contribution in [0.1, 0.15) is 20.8 Å². The molecule has 0 amide bonds. The summed E-state index contributed by atoms with van der Waals surface area (Å²) < 4.78 is 0. The lowest BCUT2D eigenvalue weighted by atomic mass is 9.52. The Hall–Kier alpha value is -2.08. The highest BCUT2D eigenvalue weighted by atomic mass is 15.1. The summed E-state index contributed by atoms with van der Waals surface area (Å²) >= 11 is 0. The van der Waals surface area contributed by atoms with Gasteiger partial charge in [0, 0.05) is 0 Å². The molecule has 2 nitrogen and oxygen atoms in total. The molecule has 0 saturated heterocycles. The van der Waals surface area contributed by atoms with Crippen LogP contribution in [0.2, 0.25) is 5.31 Å². The van der Waals surface area contributed by atoms with Gasteiger partial charge in [0.1, 0.15) is 5.69 Å². The fourth-order valence-electron chi connectivity index (χ4n) is 1.60. The van der Waals surface area contributed by atoms with Gasteiger partial charge in [0.25, 0.3) is 0 Å². The summed E-state index contributed by atoms with van der Waals surface area (Å²) in [7, 11) is 2.15. The predicted molar refractivity (Wildman–Crippen MR) is 79.8 cm³/mol. The van der Waals surface area contributed by atoms with E-state index in [0.717, 1.165) is 11.2 Å². The molecule has 2 rings (SSSR count). The van der Waals surface area contributed by atoms with Crippen LogP contribution in [-0.2, 0) is 0 Å². The van der Waals surface area contributed by atoms with Gasteiger partial charge in [-0.1, -0.05) is 56.4 Å². The predicted octanol–water partition coefficient (Wildman–Crippen LogP) is 4.25. The third-order valence-corrected chi connectivity index (χ3v) is 2.37. The Kier molecular flexibility index (Phi) is 4.01. The third kappa shape index (κ3) is 4.59. The van der Waals surface area contributed by atoms with E-state index in [0.29, 0.717) is 5.69 Å². The Bertz CT molecular complexity index is 539. The standard InChI is InChI=1S/C16H16BN2/c1-16(2,3)17-13-9-11-15(12-10-13)19-18-14-7-5-4-6-8-14/h4-9,11H,1-3H3. The molecule has 0 atom stereocenters. The summed E-state index contributed by atoms with van der Waals surface area (Å²) in [5, 5.41) is 8.42. The van der Waals surface area contributed by atoms with Crippen LogP contribution in [0.3, 0.4) is 0 Å². The van der Waals surface area contributed by atoms with E-state index in [1.807, 2.05) is 42.5 Å². The topological polar surface area (TPSA) is 24.7 Å². The lowest BCUT2D eigenvalue weighted by Crippen LogP contribution is -2.22. The van der Waals surface area contributed by atoms with Gasteiger partial charge in [-0.05, 0) is 29.7 Å². The van der Waals surface area contributed by atoms with Crippen LogP contribution < -0.4 is 5.46 Å². The molecule has 0 saturated carbocycles. The van der Waals surface area contributed by atoms with E-state index < -0.39 is 0 Å². The summed E-state index contributed by atoms with van der Waals surface area (Å²) in [5.74, 6) is 0. The Balaban J connectivity index is 2.05. The molecule has 0 aliphatic heterocycles. The van der Waals surface area contributed by atoms with Crippen molar-refractivity contribution in [2.24, 2.45) is 10.2 Å². The van der Waals surface area contributed by atoms with E-state index in [4.69, 9.17) is 0 Å². The average Bonchev–Trinajstić information content (AvgIpc) is 2.37. The van der Waals surface area contributed by atoms with E-state index in [1.54, 1.807) is 0 Å². The second-order valence-corrected chi connectivity index (χ2v) is 5.47. The Labute approximate surface area is 115 Å². The maximum atomic E-state index is 4.14. The second-order valence-electron chi connectivity index (χ2n) is 5.47. The van der Waals surface area contributed by atoms with Crippen LogP contribution in [0.25, 0.3) is 0 Å². The molecule has 93 valence electrons. The number of azo groups is 1. The highest BCUT2D eigenvalue weighted by Gasteiger charge is 2.12. The summed E-state index contributed by atoms with van der Waals surface area (Å²) in [6.45, 7) is 6.47. The van der Waals surface area contributed by atoms with Gasteiger partial charge in [-0.2, -0.15) is 0 Å². The summed E-state index contributed by atoms with van der Waals surface area (Å²) in [6, 6.07) is 19.6. The van der Waals surface area contributed by atoms with E-state index >= 15 is 0 Å². The maximum absolute atomic E-state index is 4.14. The van der Waals surface area contributed by atoms with Crippen LogP contribution >= 0.6 is 0 Å². The molecule has 0 N–H and O–H groups in total. The van der Waals surface area contributed by atoms with Crippen molar-refractivity contribution in [2.75, 3.05) is 0 Å². The highest BCUT2D eigenvalue weighted by molar-refractivity contribution is 6.56. The minimum Gasteiger partial charge on any atom is -0.150 e. The number of hydrogen-bond donors (Lipinski definition) is 0. The smallest absolute Gasteiger partial charge is 0.150 e. The molecule has 2 aromatic rings. The molecular formula is C16H16BN2. The normalized spacial score (nSPS) is 11.3. The zero-order chi connectivity index (χ0) is 13.7. The van der Waals surface area contributed by atoms with Gasteiger partial charge in [-0.15, -0.1) is 10.2 Å². The molecule has 0 unspecified atom stereocenters. The molecule has 0 fully saturated rings. The summed E-state index contributed by atoms with van der Waals surface area (Å²) in [6.07, 6.45) is 0. The average molecular weight is 247 g/mol. The first-order valence-corrected chi connectivity index (χ1v) is 6.30. The van der Waals surface area contributed by atoms with Gasteiger partial charge in [0.05, 0.1) is 5.69 Å². The van der Waals surface area contributed by atoms with Crippen molar-refractivity contribution in [1.29, 1.82) is 0 Å². The quantitative estimate of drug-likeness (QED) is 0.572. The van der Waals surface area contributed by atoms with E-state index in [1.165, 1.54) is 0 Å². The first kappa shape index (κ1) is 13.4. The van der Waals surface area contributed by atoms with E-state index in [-0.39, 0.29) is 5.31 Å². The minimum atomic E-state index is 0.136. The van der Waals surface area contributed by atoms with Crippen molar-refractivity contribution in [1.82, 2.24) is 0 Å². The Morgan fingerprint density at radius 1 is 0.895 bits per heavy atom. The maximum Gasteiger partial charge on any atom is 0.169 e. The van der Waals surface area contributed by atoms with Gasteiger partial charge in [0.15, 0.2) is 7.28 Å². The SMILES string of the molecule is CC(C)(C)[B]c1c#cc(N=Nc2ccccc2)cc1. The lowest BCUT2D eigenvalue weighted by molar-refractivity contribution is 0.759. The Morgan fingerprint density at radius 2 is 1.63 bits per heavy atom. The Morgan fingerprint density at radius 3 is 2.21 bits per heavy atom. The lowest BCUT2D eigenvalue weighted by Gasteiger charge is -2.14. The molecular weight excluding hydrogens is 231 g/mol. The molecule has 0 aliphatic carbocycles. The first-order chi connectivity index (χ1) is 9.03. The molecule has 3 heteroatoms. The van der Waals surface area contributed by atoms with Gasteiger partial charge in [-0.3, -0.25) is 0 Å². The number of hydrogen-bond acceptors (Lipinski definition) is 2. The van der Waals surface area contributed by atoms with E-state index in [9.17, 15) is 0 Å². The van der Waals surface area contributed by atoms with Crippen molar-refractivity contribution < 1.29 is 0 Å². The van der Waals surface area contributed by atoms with Crippen LogP contribution in [0.5, 0.6) is 0 Å². The van der Waals surface area contributed by atoms with Crippen molar-refractivity contribution in [3.63, 3.8) is 0 Å². The molecule has 0 spiro atoms. The van der Waals surface area contributed by atoms with Crippen molar-refractivity contribution >= 4 is 24.1 Å². The summed E-state index contributed by atoms with van der Waals surface area (Å²) in [5.41, 5.74) is 2.56. The molecule has 0 bridgehead atoms. The van der Waals surface area contributed by atoms with Crippen molar-refractivity contribution in [2.45, 2.75) is 26.1 Å². The zero-order valence-corrected chi connectivity index (χ0v) is 11.5. The molecule has 2 aromatic carbocycles. The van der Waals surface area contributed by atoms with E-state index in [2.05, 4.69) is 50.4 Å². The number of rotatable bonds is 3. The third-order valence-electron chi connectivity index (χ3n) is 2.37. The molecule has 0 aromatic heterocycles. The monoisotopic (exact) mass is 247 g/mol. The van der Waals surface area contributed by atoms with Gasteiger partial charge in [0.2, 0.25) is 0 Å². The molecule has 0 heterocycles. The second kappa shape index (κ2) is 5.71. The molecule has 1 radical (unpaired) electrons. The number of benzene rings is 1. The van der Waals surface area contributed by atoms with Crippen molar-refractivity contribution in [3.8, 4) is 0 Å². The van der Waals surface area contributed by atoms with Gasteiger partial charge >= 0.3 is 0 Å². The number of nitrogens with zero attached hydrogens (tertiary/aromatic N) is 2. The largest absolute Gasteiger partial charge is 0.169 e. The van der Waals surface area contributed by atoms with Crippen molar-refractivity contribution in [3.05, 3.63) is 54.6 Å².